The Labute approximate surface area is 132 Å². The summed E-state index contributed by atoms with van der Waals surface area (Å²) in [5, 5.41) is 0. The van der Waals surface area contributed by atoms with E-state index in [1.54, 1.807) is 42.5 Å². The second kappa shape index (κ2) is 6.44. The van der Waals surface area contributed by atoms with E-state index in [-0.39, 0.29) is 11.6 Å². The van der Waals surface area contributed by atoms with E-state index in [9.17, 15) is 14.0 Å². The standard InChI is InChI=1S/C18H14FNO3/c19-15-7-4-13(5-8-15)6-9-17(21)14-2-1-3-16(12-14)20-10-11-23-18(20)22/h1-9,12H,10-11H2/b9-6+. The SMILES string of the molecule is O=C(/C=C/c1ccc(F)cc1)c1cccc(N2CCOC2=O)c1. The van der Waals surface area contributed by atoms with Crippen LogP contribution in [0.3, 0.4) is 0 Å². The smallest absolute Gasteiger partial charge is 0.414 e. The van der Waals surface area contributed by atoms with Gasteiger partial charge in [-0.2, -0.15) is 0 Å². The topological polar surface area (TPSA) is 46.6 Å². The van der Waals surface area contributed by atoms with Crippen LogP contribution in [-0.4, -0.2) is 25.0 Å². The Kier molecular flexibility index (Phi) is 4.19. The molecule has 3 rings (SSSR count). The summed E-state index contributed by atoms with van der Waals surface area (Å²) in [4.78, 5) is 25.3. The van der Waals surface area contributed by atoms with Gasteiger partial charge in [0.15, 0.2) is 5.78 Å². The van der Waals surface area contributed by atoms with Crippen molar-refractivity contribution in [1.82, 2.24) is 0 Å². The van der Waals surface area contributed by atoms with E-state index in [0.29, 0.717) is 24.4 Å². The molecule has 0 atom stereocenters. The van der Waals surface area contributed by atoms with Crippen molar-refractivity contribution in [3.8, 4) is 0 Å². The monoisotopic (exact) mass is 311 g/mol. The Bertz CT molecular complexity index is 768. The number of nitrogens with zero attached hydrogens (tertiary/aromatic N) is 1. The summed E-state index contributed by atoms with van der Waals surface area (Å²) in [7, 11) is 0. The Morgan fingerprint density at radius 1 is 1.17 bits per heavy atom. The second-order valence-electron chi connectivity index (χ2n) is 5.07. The average molecular weight is 311 g/mol. The lowest BCUT2D eigenvalue weighted by Crippen LogP contribution is -2.23. The molecular weight excluding hydrogens is 297 g/mol. The fourth-order valence-electron chi connectivity index (χ4n) is 2.30. The normalized spacial score (nSPS) is 14.3. The zero-order chi connectivity index (χ0) is 16.2. The molecular formula is C18H14FNO3. The summed E-state index contributed by atoms with van der Waals surface area (Å²) in [6, 6.07) is 12.7. The summed E-state index contributed by atoms with van der Waals surface area (Å²) in [6.07, 6.45) is 2.64. The zero-order valence-electron chi connectivity index (χ0n) is 12.2. The predicted molar refractivity (Wildman–Crippen MR) is 84.9 cm³/mol. The molecule has 23 heavy (non-hydrogen) atoms. The third kappa shape index (κ3) is 3.45. The van der Waals surface area contributed by atoms with Crippen LogP contribution in [0.1, 0.15) is 15.9 Å². The maximum Gasteiger partial charge on any atom is 0.414 e. The van der Waals surface area contributed by atoms with Crippen LogP contribution in [0.5, 0.6) is 0 Å². The van der Waals surface area contributed by atoms with Gasteiger partial charge in [-0.25, -0.2) is 9.18 Å². The molecule has 1 aliphatic heterocycles. The molecule has 116 valence electrons. The lowest BCUT2D eigenvalue weighted by Gasteiger charge is -2.13. The molecule has 0 saturated carbocycles. The maximum absolute atomic E-state index is 12.8. The summed E-state index contributed by atoms with van der Waals surface area (Å²) < 4.78 is 17.7. The van der Waals surface area contributed by atoms with E-state index in [1.165, 1.54) is 23.1 Å². The van der Waals surface area contributed by atoms with Gasteiger partial charge in [0.05, 0.1) is 6.54 Å². The van der Waals surface area contributed by atoms with Crippen LogP contribution in [-0.2, 0) is 4.74 Å². The van der Waals surface area contributed by atoms with Crippen molar-refractivity contribution >= 4 is 23.6 Å². The number of benzene rings is 2. The van der Waals surface area contributed by atoms with Gasteiger partial charge in [-0.05, 0) is 35.9 Å². The molecule has 0 N–H and O–H groups in total. The number of rotatable bonds is 4. The highest BCUT2D eigenvalue weighted by molar-refractivity contribution is 6.07. The van der Waals surface area contributed by atoms with Crippen LogP contribution in [0.4, 0.5) is 14.9 Å². The van der Waals surface area contributed by atoms with E-state index in [1.807, 2.05) is 0 Å². The number of carbonyl (C=O) groups excluding carboxylic acids is 2. The minimum atomic E-state index is -0.406. The summed E-state index contributed by atoms with van der Waals surface area (Å²) in [5.41, 5.74) is 1.84. The highest BCUT2D eigenvalue weighted by Crippen LogP contribution is 2.20. The molecule has 1 heterocycles. The van der Waals surface area contributed by atoms with Crippen molar-refractivity contribution in [3.63, 3.8) is 0 Å². The Hall–Kier alpha value is -2.95. The summed E-state index contributed by atoms with van der Waals surface area (Å²) >= 11 is 0. The molecule has 5 heteroatoms. The second-order valence-corrected chi connectivity index (χ2v) is 5.07. The lowest BCUT2D eigenvalue weighted by atomic mass is 10.1. The van der Waals surface area contributed by atoms with Gasteiger partial charge in [0.2, 0.25) is 0 Å². The van der Waals surface area contributed by atoms with E-state index in [4.69, 9.17) is 4.74 Å². The average Bonchev–Trinajstić information content (AvgIpc) is 3.00. The van der Waals surface area contributed by atoms with Crippen molar-refractivity contribution in [3.05, 3.63) is 71.6 Å². The molecule has 0 radical (unpaired) electrons. The van der Waals surface area contributed by atoms with Gasteiger partial charge in [0, 0.05) is 11.3 Å². The molecule has 0 aliphatic carbocycles. The quantitative estimate of drug-likeness (QED) is 0.639. The number of amides is 1. The Morgan fingerprint density at radius 2 is 1.96 bits per heavy atom. The van der Waals surface area contributed by atoms with Crippen LogP contribution >= 0.6 is 0 Å². The van der Waals surface area contributed by atoms with Gasteiger partial charge < -0.3 is 4.74 Å². The number of ketones is 1. The molecule has 2 aromatic carbocycles. The Balaban J connectivity index is 1.77. The molecule has 1 amide bonds. The van der Waals surface area contributed by atoms with Gasteiger partial charge in [-0.15, -0.1) is 0 Å². The first-order chi connectivity index (χ1) is 11.1. The number of anilines is 1. The van der Waals surface area contributed by atoms with Crippen molar-refractivity contribution < 1.29 is 18.7 Å². The number of allylic oxidation sites excluding steroid dienone is 1. The van der Waals surface area contributed by atoms with Gasteiger partial charge >= 0.3 is 6.09 Å². The van der Waals surface area contributed by atoms with Gasteiger partial charge in [0.1, 0.15) is 12.4 Å². The maximum atomic E-state index is 12.8. The highest BCUT2D eigenvalue weighted by atomic mass is 19.1. The first-order valence-corrected chi connectivity index (χ1v) is 7.16. The summed E-state index contributed by atoms with van der Waals surface area (Å²) in [5.74, 6) is -0.512. The molecule has 4 nitrogen and oxygen atoms in total. The third-order valence-corrected chi connectivity index (χ3v) is 3.50. The van der Waals surface area contributed by atoms with E-state index >= 15 is 0 Å². The zero-order valence-corrected chi connectivity index (χ0v) is 12.2. The third-order valence-electron chi connectivity index (χ3n) is 3.50. The van der Waals surface area contributed by atoms with Gasteiger partial charge in [-0.1, -0.05) is 30.3 Å². The van der Waals surface area contributed by atoms with Crippen molar-refractivity contribution in [2.45, 2.75) is 0 Å². The first kappa shape index (κ1) is 15.0. The van der Waals surface area contributed by atoms with Crippen LogP contribution in [0.25, 0.3) is 6.08 Å². The molecule has 0 bridgehead atoms. The number of carbonyl (C=O) groups is 2. The predicted octanol–water partition coefficient (Wildman–Crippen LogP) is 3.68. The molecule has 1 aliphatic rings. The van der Waals surface area contributed by atoms with Crippen LogP contribution in [0.2, 0.25) is 0 Å². The first-order valence-electron chi connectivity index (χ1n) is 7.16. The number of hydrogen-bond acceptors (Lipinski definition) is 3. The number of cyclic esters (lactones) is 1. The van der Waals surface area contributed by atoms with Gasteiger partial charge in [-0.3, -0.25) is 9.69 Å². The van der Waals surface area contributed by atoms with Gasteiger partial charge in [0.25, 0.3) is 0 Å². The van der Waals surface area contributed by atoms with E-state index in [0.717, 1.165) is 5.56 Å². The van der Waals surface area contributed by atoms with Crippen molar-refractivity contribution in [2.75, 3.05) is 18.1 Å². The van der Waals surface area contributed by atoms with Crippen LogP contribution in [0, 0.1) is 5.82 Å². The van der Waals surface area contributed by atoms with E-state index < -0.39 is 6.09 Å². The molecule has 1 fully saturated rings. The largest absolute Gasteiger partial charge is 0.447 e. The fourth-order valence-corrected chi connectivity index (χ4v) is 2.30. The fraction of sp³-hybridized carbons (Fsp3) is 0.111. The van der Waals surface area contributed by atoms with Crippen molar-refractivity contribution in [2.24, 2.45) is 0 Å². The number of ether oxygens (including phenoxy) is 1. The molecule has 1 saturated heterocycles. The summed E-state index contributed by atoms with van der Waals surface area (Å²) in [6.45, 7) is 0.823. The molecule has 0 unspecified atom stereocenters. The Morgan fingerprint density at radius 3 is 2.65 bits per heavy atom. The molecule has 0 aromatic heterocycles. The number of hydrogen-bond donors (Lipinski definition) is 0. The molecule has 0 spiro atoms. The lowest BCUT2D eigenvalue weighted by molar-refractivity contribution is 0.104. The molecule has 2 aromatic rings. The highest BCUT2D eigenvalue weighted by Gasteiger charge is 2.23. The number of halogens is 1. The van der Waals surface area contributed by atoms with Crippen LogP contribution < -0.4 is 4.90 Å². The minimum Gasteiger partial charge on any atom is -0.447 e. The van der Waals surface area contributed by atoms with Crippen molar-refractivity contribution in [1.29, 1.82) is 0 Å². The minimum absolute atomic E-state index is 0.191. The van der Waals surface area contributed by atoms with Crippen LogP contribution in [0.15, 0.2) is 54.6 Å². The van der Waals surface area contributed by atoms with E-state index in [2.05, 4.69) is 0 Å².